The number of rotatable bonds is 4. The van der Waals surface area contributed by atoms with Gasteiger partial charge < -0.3 is 14.6 Å². The summed E-state index contributed by atoms with van der Waals surface area (Å²) in [6.45, 7) is 1.89. The number of carbonyl (C=O) groups is 1. The van der Waals surface area contributed by atoms with Crippen molar-refractivity contribution < 1.29 is 19.4 Å². The molecule has 0 saturated heterocycles. The van der Waals surface area contributed by atoms with Crippen LogP contribution in [0, 0.1) is 0 Å². The molecular weight excluding hydrogens is 280 g/mol. The Morgan fingerprint density at radius 3 is 2.75 bits per heavy atom. The largest absolute Gasteiger partial charge is 0.497 e. The molecule has 1 unspecified atom stereocenters. The van der Waals surface area contributed by atoms with E-state index in [2.05, 4.69) is 0 Å². The number of carbonyl (C=O) groups excluding carboxylic acids is 1. The van der Waals surface area contributed by atoms with Crippen LogP contribution < -0.4 is 4.74 Å². The lowest BCUT2D eigenvalue weighted by molar-refractivity contribution is -0.153. The highest BCUT2D eigenvalue weighted by Gasteiger charge is 2.22. The summed E-state index contributed by atoms with van der Waals surface area (Å²) in [6, 6.07) is 8.79. The van der Waals surface area contributed by atoms with Gasteiger partial charge in [0.2, 0.25) is 0 Å². The van der Waals surface area contributed by atoms with Gasteiger partial charge in [-0.2, -0.15) is 0 Å². The molecule has 0 aliphatic rings. The predicted molar refractivity (Wildman–Crippen MR) is 77.1 cm³/mol. The number of benzene rings is 2. The molecule has 5 heteroatoms. The van der Waals surface area contributed by atoms with Gasteiger partial charge in [0.15, 0.2) is 6.10 Å². The zero-order valence-corrected chi connectivity index (χ0v) is 12.0. The third-order valence-corrected chi connectivity index (χ3v) is 3.42. The molecule has 0 aliphatic heterocycles. The molecule has 0 heterocycles. The van der Waals surface area contributed by atoms with E-state index >= 15 is 0 Å². The molecule has 20 heavy (non-hydrogen) atoms. The summed E-state index contributed by atoms with van der Waals surface area (Å²) in [7, 11) is 1.58. The summed E-state index contributed by atoms with van der Waals surface area (Å²) in [5.74, 6) is 0.00881. The minimum atomic E-state index is -1.38. The van der Waals surface area contributed by atoms with Crippen molar-refractivity contribution in [2.24, 2.45) is 0 Å². The summed E-state index contributed by atoms with van der Waals surface area (Å²) in [6.07, 6.45) is -1.38. The average Bonchev–Trinajstić information content (AvgIpc) is 2.46. The van der Waals surface area contributed by atoms with Crippen molar-refractivity contribution in [3.05, 3.63) is 40.9 Å². The summed E-state index contributed by atoms with van der Waals surface area (Å²) in [4.78, 5) is 11.6. The summed E-state index contributed by atoms with van der Waals surface area (Å²) < 4.78 is 9.94. The molecule has 0 spiro atoms. The van der Waals surface area contributed by atoms with Gasteiger partial charge in [-0.3, -0.25) is 0 Å². The van der Waals surface area contributed by atoms with Gasteiger partial charge >= 0.3 is 5.97 Å². The second-order valence-electron chi connectivity index (χ2n) is 4.21. The van der Waals surface area contributed by atoms with Gasteiger partial charge in [-0.25, -0.2) is 4.79 Å². The number of fused-ring (bicyclic) bond motifs is 1. The molecule has 0 bridgehead atoms. The fourth-order valence-electron chi connectivity index (χ4n) is 1.97. The van der Waals surface area contributed by atoms with Crippen LogP contribution in [0.4, 0.5) is 0 Å². The number of methoxy groups -OCH3 is 1. The zero-order valence-electron chi connectivity index (χ0n) is 11.2. The topological polar surface area (TPSA) is 55.8 Å². The SMILES string of the molecule is CCOC(=O)C(O)c1ccc2cc(OC)ccc2c1Cl. The lowest BCUT2D eigenvalue weighted by atomic mass is 10.0. The number of esters is 1. The van der Waals surface area contributed by atoms with E-state index in [4.69, 9.17) is 21.1 Å². The van der Waals surface area contributed by atoms with Gasteiger partial charge in [0.1, 0.15) is 5.75 Å². The van der Waals surface area contributed by atoms with Gasteiger partial charge in [-0.05, 0) is 30.5 Å². The molecule has 0 fully saturated rings. The fraction of sp³-hybridized carbons (Fsp3) is 0.267. The van der Waals surface area contributed by atoms with Crippen molar-refractivity contribution in [3.8, 4) is 5.75 Å². The Labute approximate surface area is 121 Å². The highest BCUT2D eigenvalue weighted by Crippen LogP contribution is 2.33. The number of ether oxygens (including phenoxy) is 2. The van der Waals surface area contributed by atoms with E-state index in [1.807, 2.05) is 6.07 Å². The maximum atomic E-state index is 11.6. The Morgan fingerprint density at radius 2 is 2.10 bits per heavy atom. The van der Waals surface area contributed by atoms with Crippen LogP contribution in [-0.4, -0.2) is 24.8 Å². The molecule has 0 radical (unpaired) electrons. The number of aliphatic hydroxyl groups excluding tert-OH is 1. The van der Waals surface area contributed by atoms with Gasteiger partial charge in [0.05, 0.1) is 18.7 Å². The Kier molecular flexibility index (Phi) is 4.47. The molecule has 106 valence electrons. The molecule has 0 aliphatic carbocycles. The molecular formula is C15H15ClO4. The molecule has 0 aromatic heterocycles. The zero-order chi connectivity index (χ0) is 14.7. The van der Waals surface area contributed by atoms with Gasteiger partial charge in [0.25, 0.3) is 0 Å². The van der Waals surface area contributed by atoms with Crippen molar-refractivity contribution >= 4 is 28.3 Å². The Balaban J connectivity index is 2.46. The first-order valence-corrected chi connectivity index (χ1v) is 6.57. The minimum absolute atomic E-state index is 0.207. The summed E-state index contributed by atoms with van der Waals surface area (Å²) in [5, 5.41) is 11.9. The van der Waals surface area contributed by atoms with Crippen LogP contribution in [-0.2, 0) is 9.53 Å². The van der Waals surface area contributed by atoms with Crippen LogP contribution in [0.15, 0.2) is 30.3 Å². The second-order valence-corrected chi connectivity index (χ2v) is 4.59. The number of aliphatic hydroxyl groups is 1. The van der Waals surface area contributed by atoms with E-state index in [0.29, 0.717) is 16.3 Å². The van der Waals surface area contributed by atoms with Crippen molar-refractivity contribution in [1.29, 1.82) is 0 Å². The molecule has 2 rings (SSSR count). The maximum Gasteiger partial charge on any atom is 0.339 e. The predicted octanol–water partition coefficient (Wildman–Crippen LogP) is 3.10. The van der Waals surface area contributed by atoms with Crippen LogP contribution in [0.1, 0.15) is 18.6 Å². The van der Waals surface area contributed by atoms with Crippen LogP contribution >= 0.6 is 11.6 Å². The monoisotopic (exact) mass is 294 g/mol. The van der Waals surface area contributed by atoms with E-state index in [1.165, 1.54) is 0 Å². The lowest BCUT2D eigenvalue weighted by Gasteiger charge is -2.13. The highest BCUT2D eigenvalue weighted by molar-refractivity contribution is 6.36. The minimum Gasteiger partial charge on any atom is -0.497 e. The Bertz CT molecular complexity index is 639. The van der Waals surface area contributed by atoms with Gasteiger partial charge in [0, 0.05) is 10.9 Å². The van der Waals surface area contributed by atoms with E-state index < -0.39 is 12.1 Å². The Morgan fingerprint density at radius 1 is 1.35 bits per heavy atom. The van der Waals surface area contributed by atoms with Crippen LogP contribution in [0.3, 0.4) is 0 Å². The van der Waals surface area contributed by atoms with Crippen LogP contribution in [0.25, 0.3) is 10.8 Å². The number of hydrogen-bond donors (Lipinski definition) is 1. The van der Waals surface area contributed by atoms with Crippen molar-refractivity contribution in [1.82, 2.24) is 0 Å². The van der Waals surface area contributed by atoms with E-state index in [-0.39, 0.29) is 6.61 Å². The molecule has 2 aromatic rings. The number of halogens is 1. The van der Waals surface area contributed by atoms with E-state index in [0.717, 1.165) is 10.8 Å². The first kappa shape index (κ1) is 14.6. The average molecular weight is 295 g/mol. The summed E-state index contributed by atoms with van der Waals surface area (Å²) >= 11 is 6.27. The fourth-order valence-corrected chi connectivity index (χ4v) is 2.31. The van der Waals surface area contributed by atoms with E-state index in [9.17, 15) is 9.90 Å². The van der Waals surface area contributed by atoms with Crippen molar-refractivity contribution in [2.75, 3.05) is 13.7 Å². The molecule has 0 saturated carbocycles. The molecule has 0 amide bonds. The molecule has 4 nitrogen and oxygen atoms in total. The van der Waals surface area contributed by atoms with Crippen molar-refractivity contribution in [2.45, 2.75) is 13.0 Å². The quantitative estimate of drug-likeness (QED) is 0.880. The second kappa shape index (κ2) is 6.11. The van der Waals surface area contributed by atoms with Crippen molar-refractivity contribution in [3.63, 3.8) is 0 Å². The highest BCUT2D eigenvalue weighted by atomic mass is 35.5. The van der Waals surface area contributed by atoms with Crippen LogP contribution in [0.5, 0.6) is 5.75 Å². The molecule has 1 atom stereocenters. The van der Waals surface area contributed by atoms with E-state index in [1.54, 1.807) is 38.3 Å². The number of hydrogen-bond acceptors (Lipinski definition) is 4. The molecule has 1 N–H and O–H groups in total. The van der Waals surface area contributed by atoms with Gasteiger partial charge in [-0.15, -0.1) is 0 Å². The standard InChI is InChI=1S/C15H15ClO4/c1-3-20-15(18)14(17)12-6-4-9-8-10(19-2)5-7-11(9)13(12)16/h4-8,14,17H,3H2,1-2H3. The molecule has 2 aromatic carbocycles. The third-order valence-electron chi connectivity index (χ3n) is 3.00. The lowest BCUT2D eigenvalue weighted by Crippen LogP contribution is -2.15. The third kappa shape index (κ3) is 2.71. The maximum absolute atomic E-state index is 11.6. The smallest absolute Gasteiger partial charge is 0.339 e. The first-order chi connectivity index (χ1) is 9.58. The van der Waals surface area contributed by atoms with Gasteiger partial charge in [-0.1, -0.05) is 23.7 Å². The summed E-state index contributed by atoms with van der Waals surface area (Å²) in [5.41, 5.74) is 0.336. The van der Waals surface area contributed by atoms with Crippen LogP contribution in [0.2, 0.25) is 5.02 Å². The normalized spacial score (nSPS) is 12.2. The first-order valence-electron chi connectivity index (χ1n) is 6.19. The Hall–Kier alpha value is -1.78.